The Bertz CT molecular complexity index is 492. The first kappa shape index (κ1) is 12.6. The van der Waals surface area contributed by atoms with Gasteiger partial charge in [-0.15, -0.1) is 23.2 Å². The van der Waals surface area contributed by atoms with E-state index in [1.54, 1.807) is 6.92 Å². The van der Waals surface area contributed by atoms with Gasteiger partial charge in [-0.3, -0.25) is 4.79 Å². The summed E-state index contributed by atoms with van der Waals surface area (Å²) in [6.07, 6.45) is 0.284. The lowest BCUT2D eigenvalue weighted by molar-refractivity contribution is -0.120. The van der Waals surface area contributed by atoms with Crippen LogP contribution < -0.4 is 5.32 Å². The lowest BCUT2D eigenvalue weighted by Gasteiger charge is -2.13. The molecule has 0 aliphatic heterocycles. The number of anilines is 1. The third-order valence-electron chi connectivity index (χ3n) is 2.94. The van der Waals surface area contributed by atoms with Crippen LogP contribution in [-0.4, -0.2) is 10.2 Å². The molecular weight excluding hydrogens is 271 g/mol. The standard InChI is InChI=1S/C11H9Cl2F2NO/c1-10(5-11(10,12)13)9(17)16-8-4-6(14)2-3-7(8)15/h2-4H,5H2,1H3,(H,16,17). The van der Waals surface area contributed by atoms with E-state index in [2.05, 4.69) is 5.32 Å². The highest BCUT2D eigenvalue weighted by atomic mass is 35.5. The summed E-state index contributed by atoms with van der Waals surface area (Å²) < 4.78 is 25.0. The predicted molar refractivity (Wildman–Crippen MR) is 62.1 cm³/mol. The van der Waals surface area contributed by atoms with Gasteiger partial charge in [-0.05, 0) is 25.5 Å². The molecule has 2 rings (SSSR count). The summed E-state index contributed by atoms with van der Waals surface area (Å²) in [5.41, 5.74) is -1.18. The number of hydrogen-bond acceptors (Lipinski definition) is 1. The molecular formula is C11H9Cl2F2NO. The maximum absolute atomic E-state index is 13.3. The number of halogens is 4. The summed E-state index contributed by atoms with van der Waals surface area (Å²) in [4.78, 5) is 11.8. The first-order valence-electron chi connectivity index (χ1n) is 4.91. The molecule has 1 aliphatic rings. The van der Waals surface area contributed by atoms with Crippen LogP contribution in [0.25, 0.3) is 0 Å². The Morgan fingerprint density at radius 2 is 2.00 bits per heavy atom. The second-order valence-corrected chi connectivity index (χ2v) is 5.78. The molecule has 1 N–H and O–H groups in total. The van der Waals surface area contributed by atoms with E-state index in [-0.39, 0.29) is 12.1 Å². The maximum atomic E-state index is 13.3. The average molecular weight is 280 g/mol. The summed E-state index contributed by atoms with van der Waals surface area (Å²) in [6.45, 7) is 1.57. The number of rotatable bonds is 2. The van der Waals surface area contributed by atoms with Gasteiger partial charge in [-0.2, -0.15) is 0 Å². The van der Waals surface area contributed by atoms with Crippen LogP contribution in [0, 0.1) is 17.0 Å². The van der Waals surface area contributed by atoms with Crippen LogP contribution in [0.2, 0.25) is 0 Å². The Balaban J connectivity index is 2.17. The van der Waals surface area contributed by atoms with Crippen LogP contribution >= 0.6 is 23.2 Å². The van der Waals surface area contributed by atoms with Gasteiger partial charge in [0.2, 0.25) is 5.91 Å². The fourth-order valence-electron chi connectivity index (χ4n) is 1.50. The molecule has 1 fully saturated rings. The second-order valence-electron chi connectivity index (χ2n) is 4.29. The second kappa shape index (κ2) is 3.82. The fraction of sp³-hybridized carbons (Fsp3) is 0.364. The average Bonchev–Trinajstić information content (AvgIpc) is 2.74. The molecule has 1 amide bonds. The third kappa shape index (κ3) is 2.11. The largest absolute Gasteiger partial charge is 0.323 e. The van der Waals surface area contributed by atoms with Crippen molar-refractivity contribution in [2.24, 2.45) is 5.41 Å². The van der Waals surface area contributed by atoms with Gasteiger partial charge < -0.3 is 5.32 Å². The van der Waals surface area contributed by atoms with E-state index < -0.39 is 27.3 Å². The zero-order chi connectivity index (χ0) is 12.8. The van der Waals surface area contributed by atoms with Crippen LogP contribution in [0.4, 0.5) is 14.5 Å². The molecule has 1 aromatic rings. The Morgan fingerprint density at radius 3 is 2.53 bits per heavy atom. The first-order chi connectivity index (χ1) is 7.76. The summed E-state index contributed by atoms with van der Waals surface area (Å²) in [6, 6.07) is 2.81. The van der Waals surface area contributed by atoms with E-state index in [1.807, 2.05) is 0 Å². The Labute approximate surface area is 107 Å². The number of carbonyl (C=O) groups excluding carboxylic acids is 1. The number of alkyl halides is 2. The molecule has 0 radical (unpaired) electrons. The molecule has 1 atom stereocenters. The molecule has 1 unspecified atom stereocenters. The van der Waals surface area contributed by atoms with Crippen molar-refractivity contribution in [3.05, 3.63) is 29.8 Å². The topological polar surface area (TPSA) is 29.1 Å². The zero-order valence-corrected chi connectivity index (χ0v) is 10.4. The normalized spacial score (nSPS) is 25.5. The van der Waals surface area contributed by atoms with Crippen LogP contribution in [0.15, 0.2) is 18.2 Å². The van der Waals surface area contributed by atoms with Gasteiger partial charge in [0.1, 0.15) is 16.0 Å². The van der Waals surface area contributed by atoms with Crippen molar-refractivity contribution in [2.75, 3.05) is 5.32 Å². The Kier molecular flexibility index (Phi) is 2.83. The van der Waals surface area contributed by atoms with Gasteiger partial charge >= 0.3 is 0 Å². The molecule has 1 aromatic carbocycles. The van der Waals surface area contributed by atoms with Gasteiger partial charge in [0.15, 0.2) is 0 Å². The maximum Gasteiger partial charge on any atom is 0.233 e. The molecule has 92 valence electrons. The Morgan fingerprint density at radius 1 is 1.41 bits per heavy atom. The fourth-order valence-corrected chi connectivity index (χ4v) is 2.21. The van der Waals surface area contributed by atoms with Crippen LogP contribution in [0.1, 0.15) is 13.3 Å². The molecule has 0 bridgehead atoms. The van der Waals surface area contributed by atoms with Gasteiger partial charge in [0.05, 0.1) is 11.1 Å². The van der Waals surface area contributed by atoms with Crippen molar-refractivity contribution in [1.82, 2.24) is 0 Å². The minimum Gasteiger partial charge on any atom is -0.323 e. The highest BCUT2D eigenvalue weighted by Gasteiger charge is 2.67. The minimum absolute atomic E-state index is 0.216. The van der Waals surface area contributed by atoms with E-state index in [9.17, 15) is 13.6 Å². The summed E-state index contributed by atoms with van der Waals surface area (Å²) in [5.74, 6) is -1.86. The van der Waals surface area contributed by atoms with Gasteiger partial charge in [-0.25, -0.2) is 8.78 Å². The van der Waals surface area contributed by atoms with Gasteiger partial charge in [0, 0.05) is 6.07 Å². The van der Waals surface area contributed by atoms with Crippen molar-refractivity contribution < 1.29 is 13.6 Å². The van der Waals surface area contributed by atoms with Crippen molar-refractivity contribution in [3.63, 3.8) is 0 Å². The summed E-state index contributed by atoms with van der Waals surface area (Å²) >= 11 is 11.6. The molecule has 2 nitrogen and oxygen atoms in total. The van der Waals surface area contributed by atoms with Crippen LogP contribution in [0.5, 0.6) is 0 Å². The minimum atomic E-state index is -1.14. The number of hydrogen-bond donors (Lipinski definition) is 1. The van der Waals surface area contributed by atoms with Gasteiger partial charge in [0.25, 0.3) is 0 Å². The van der Waals surface area contributed by atoms with E-state index in [4.69, 9.17) is 23.2 Å². The molecule has 6 heteroatoms. The summed E-state index contributed by atoms with van der Waals surface area (Å²) in [7, 11) is 0. The molecule has 1 saturated carbocycles. The monoisotopic (exact) mass is 279 g/mol. The molecule has 0 saturated heterocycles. The number of nitrogens with one attached hydrogen (secondary N) is 1. The predicted octanol–water partition coefficient (Wildman–Crippen LogP) is 3.49. The van der Waals surface area contributed by atoms with E-state index in [1.165, 1.54) is 0 Å². The van der Waals surface area contributed by atoms with E-state index in [0.717, 1.165) is 18.2 Å². The van der Waals surface area contributed by atoms with Crippen molar-refractivity contribution >= 4 is 34.8 Å². The number of carbonyl (C=O) groups is 1. The van der Waals surface area contributed by atoms with Crippen molar-refractivity contribution in [3.8, 4) is 0 Å². The quantitative estimate of drug-likeness (QED) is 0.825. The smallest absolute Gasteiger partial charge is 0.233 e. The molecule has 1 aliphatic carbocycles. The molecule has 0 spiro atoms. The van der Waals surface area contributed by atoms with Crippen LogP contribution in [0.3, 0.4) is 0 Å². The molecule has 0 heterocycles. The highest BCUT2D eigenvalue weighted by Crippen LogP contribution is 2.64. The van der Waals surface area contributed by atoms with Crippen molar-refractivity contribution in [1.29, 1.82) is 0 Å². The molecule has 0 aromatic heterocycles. The van der Waals surface area contributed by atoms with Crippen LogP contribution in [-0.2, 0) is 4.79 Å². The first-order valence-corrected chi connectivity index (χ1v) is 5.66. The number of amides is 1. The lowest BCUT2D eigenvalue weighted by Crippen LogP contribution is -2.26. The summed E-state index contributed by atoms with van der Waals surface area (Å²) in [5, 5.41) is 2.29. The highest BCUT2D eigenvalue weighted by molar-refractivity contribution is 6.53. The van der Waals surface area contributed by atoms with Crippen molar-refractivity contribution in [2.45, 2.75) is 17.7 Å². The van der Waals surface area contributed by atoms with Gasteiger partial charge in [-0.1, -0.05) is 0 Å². The number of benzene rings is 1. The zero-order valence-electron chi connectivity index (χ0n) is 8.86. The van der Waals surface area contributed by atoms with E-state index >= 15 is 0 Å². The Hall–Kier alpha value is -0.870. The molecule has 17 heavy (non-hydrogen) atoms. The third-order valence-corrected chi connectivity index (χ3v) is 4.04. The lowest BCUT2D eigenvalue weighted by atomic mass is 10.1. The SMILES string of the molecule is CC1(C(=O)Nc2cc(F)ccc2F)CC1(Cl)Cl. The van der Waals surface area contributed by atoms with E-state index in [0.29, 0.717) is 0 Å².